The number of aryl methyl sites for hydroxylation is 1. The van der Waals surface area contributed by atoms with E-state index in [9.17, 15) is 0 Å². The molecule has 5 nitrogen and oxygen atoms in total. The van der Waals surface area contributed by atoms with Crippen LogP contribution in [0.25, 0.3) is 0 Å². The van der Waals surface area contributed by atoms with Crippen molar-refractivity contribution in [1.82, 2.24) is 15.0 Å². The number of rotatable bonds is 3. The van der Waals surface area contributed by atoms with E-state index in [0.29, 0.717) is 16.3 Å². The number of hydrogen-bond acceptors (Lipinski definition) is 5. The van der Waals surface area contributed by atoms with E-state index >= 15 is 0 Å². The van der Waals surface area contributed by atoms with E-state index in [0.717, 1.165) is 11.4 Å². The Morgan fingerprint density at radius 1 is 1.24 bits per heavy atom. The third-order valence-corrected chi connectivity index (χ3v) is 2.62. The number of nitrogens with one attached hydrogen (secondary N) is 1. The Morgan fingerprint density at radius 2 is 2.06 bits per heavy atom. The Labute approximate surface area is 107 Å². The van der Waals surface area contributed by atoms with Gasteiger partial charge in [0.1, 0.15) is 0 Å². The number of methoxy groups -OCH3 is 1. The SMILES string of the molecule is COc1nc(Nc2ccc(C)nc2)ncc1Br. The second-order valence-electron chi connectivity index (χ2n) is 3.36. The van der Waals surface area contributed by atoms with Crippen LogP contribution in [0.5, 0.6) is 5.88 Å². The van der Waals surface area contributed by atoms with Gasteiger partial charge in [0.15, 0.2) is 0 Å². The smallest absolute Gasteiger partial charge is 0.232 e. The highest BCUT2D eigenvalue weighted by atomic mass is 79.9. The summed E-state index contributed by atoms with van der Waals surface area (Å²) in [5.41, 5.74) is 1.80. The number of pyridine rings is 1. The molecule has 6 heteroatoms. The standard InChI is InChI=1S/C11H11BrN4O/c1-7-3-4-8(5-13-7)15-11-14-6-9(12)10(16-11)17-2/h3-6H,1-2H3,(H,14,15,16). The molecular weight excluding hydrogens is 284 g/mol. The molecule has 0 spiro atoms. The van der Waals surface area contributed by atoms with Gasteiger partial charge < -0.3 is 10.1 Å². The molecule has 0 aliphatic rings. The predicted octanol–water partition coefficient (Wildman–Crippen LogP) is 2.69. The van der Waals surface area contributed by atoms with Crippen LogP contribution in [0.2, 0.25) is 0 Å². The van der Waals surface area contributed by atoms with Crippen molar-refractivity contribution in [2.45, 2.75) is 6.92 Å². The van der Waals surface area contributed by atoms with Crippen LogP contribution in [0, 0.1) is 6.92 Å². The monoisotopic (exact) mass is 294 g/mol. The average Bonchev–Trinajstić information content (AvgIpc) is 2.34. The highest BCUT2D eigenvalue weighted by Gasteiger charge is 2.05. The molecule has 0 aliphatic heterocycles. The number of anilines is 2. The summed E-state index contributed by atoms with van der Waals surface area (Å²) < 4.78 is 5.80. The molecule has 2 aromatic rings. The van der Waals surface area contributed by atoms with Crippen LogP contribution in [0.3, 0.4) is 0 Å². The fourth-order valence-electron chi connectivity index (χ4n) is 1.23. The lowest BCUT2D eigenvalue weighted by Gasteiger charge is -2.06. The lowest BCUT2D eigenvalue weighted by molar-refractivity contribution is 0.394. The van der Waals surface area contributed by atoms with Gasteiger partial charge in [0.05, 0.1) is 29.7 Å². The van der Waals surface area contributed by atoms with Crippen molar-refractivity contribution in [3.05, 3.63) is 34.7 Å². The highest BCUT2D eigenvalue weighted by molar-refractivity contribution is 9.10. The first kappa shape index (κ1) is 11.8. The Hall–Kier alpha value is -1.69. The van der Waals surface area contributed by atoms with Crippen LogP contribution in [0.1, 0.15) is 5.69 Å². The van der Waals surface area contributed by atoms with Crippen molar-refractivity contribution in [3.63, 3.8) is 0 Å². The van der Waals surface area contributed by atoms with Gasteiger partial charge >= 0.3 is 0 Å². The Kier molecular flexibility index (Phi) is 3.53. The van der Waals surface area contributed by atoms with E-state index in [1.807, 2.05) is 19.1 Å². The fourth-order valence-corrected chi connectivity index (χ4v) is 1.58. The quantitative estimate of drug-likeness (QED) is 0.943. The van der Waals surface area contributed by atoms with Crippen LogP contribution in [-0.4, -0.2) is 22.1 Å². The minimum absolute atomic E-state index is 0.468. The van der Waals surface area contributed by atoms with Crippen molar-refractivity contribution < 1.29 is 4.74 Å². The summed E-state index contributed by atoms with van der Waals surface area (Å²) in [6, 6.07) is 3.83. The van der Waals surface area contributed by atoms with Gasteiger partial charge in [-0.3, -0.25) is 4.98 Å². The number of nitrogens with zero attached hydrogens (tertiary/aromatic N) is 3. The molecule has 0 bridgehead atoms. The molecule has 1 N–H and O–H groups in total. The van der Waals surface area contributed by atoms with Gasteiger partial charge in [0, 0.05) is 5.69 Å². The molecule has 2 rings (SSSR count). The molecule has 2 heterocycles. The molecule has 17 heavy (non-hydrogen) atoms. The van der Waals surface area contributed by atoms with Gasteiger partial charge in [-0.15, -0.1) is 0 Å². The van der Waals surface area contributed by atoms with Gasteiger partial charge in [0.2, 0.25) is 11.8 Å². The van der Waals surface area contributed by atoms with Crippen LogP contribution in [0.4, 0.5) is 11.6 Å². The molecule has 0 atom stereocenters. The van der Waals surface area contributed by atoms with Crippen molar-refractivity contribution >= 4 is 27.6 Å². The zero-order valence-corrected chi connectivity index (χ0v) is 11.0. The Morgan fingerprint density at radius 3 is 2.71 bits per heavy atom. The Balaban J connectivity index is 2.21. The maximum absolute atomic E-state index is 5.09. The lowest BCUT2D eigenvalue weighted by Crippen LogP contribution is -1.99. The van der Waals surface area contributed by atoms with E-state index in [2.05, 4.69) is 36.2 Å². The molecule has 0 saturated heterocycles. The van der Waals surface area contributed by atoms with Crippen molar-refractivity contribution in [2.24, 2.45) is 0 Å². The van der Waals surface area contributed by atoms with E-state index in [4.69, 9.17) is 4.74 Å². The third-order valence-electron chi connectivity index (χ3n) is 2.07. The minimum Gasteiger partial charge on any atom is -0.480 e. The molecule has 0 aromatic carbocycles. The number of halogens is 1. The maximum atomic E-state index is 5.09. The third kappa shape index (κ3) is 2.91. The van der Waals surface area contributed by atoms with Crippen LogP contribution in [-0.2, 0) is 0 Å². The van der Waals surface area contributed by atoms with E-state index in [-0.39, 0.29) is 0 Å². The maximum Gasteiger partial charge on any atom is 0.232 e. The second kappa shape index (κ2) is 5.09. The minimum atomic E-state index is 0.468. The van der Waals surface area contributed by atoms with Crippen molar-refractivity contribution in [1.29, 1.82) is 0 Å². The van der Waals surface area contributed by atoms with Crippen LogP contribution >= 0.6 is 15.9 Å². The van der Waals surface area contributed by atoms with Gasteiger partial charge in [-0.05, 0) is 35.0 Å². The van der Waals surface area contributed by atoms with E-state index in [1.54, 1.807) is 19.5 Å². The summed E-state index contributed by atoms with van der Waals surface area (Å²) in [5.74, 6) is 0.957. The normalized spacial score (nSPS) is 10.1. The van der Waals surface area contributed by atoms with E-state index < -0.39 is 0 Å². The number of hydrogen-bond donors (Lipinski definition) is 1. The first-order valence-electron chi connectivity index (χ1n) is 4.95. The summed E-state index contributed by atoms with van der Waals surface area (Å²) in [6.45, 7) is 1.93. The molecule has 2 aromatic heterocycles. The first-order valence-corrected chi connectivity index (χ1v) is 5.74. The largest absolute Gasteiger partial charge is 0.480 e. The predicted molar refractivity (Wildman–Crippen MR) is 68.5 cm³/mol. The van der Waals surface area contributed by atoms with Crippen LogP contribution in [0.15, 0.2) is 29.0 Å². The van der Waals surface area contributed by atoms with Gasteiger partial charge in [-0.1, -0.05) is 0 Å². The summed E-state index contributed by atoms with van der Waals surface area (Å²) in [5, 5.41) is 3.05. The second-order valence-corrected chi connectivity index (χ2v) is 4.22. The van der Waals surface area contributed by atoms with E-state index in [1.165, 1.54) is 0 Å². The molecule has 88 valence electrons. The average molecular weight is 295 g/mol. The molecule has 0 amide bonds. The summed E-state index contributed by atoms with van der Waals surface area (Å²) in [6.07, 6.45) is 3.36. The Bertz CT molecular complexity index is 515. The molecule has 0 aliphatic carbocycles. The van der Waals surface area contributed by atoms with Gasteiger partial charge in [0.25, 0.3) is 0 Å². The number of aromatic nitrogens is 3. The van der Waals surface area contributed by atoms with Crippen LogP contribution < -0.4 is 10.1 Å². The van der Waals surface area contributed by atoms with Crippen molar-refractivity contribution in [3.8, 4) is 5.88 Å². The molecule has 0 fully saturated rings. The topological polar surface area (TPSA) is 59.9 Å². The van der Waals surface area contributed by atoms with Crippen molar-refractivity contribution in [2.75, 3.05) is 12.4 Å². The first-order chi connectivity index (χ1) is 8.19. The lowest BCUT2D eigenvalue weighted by atomic mass is 10.3. The zero-order valence-electron chi connectivity index (χ0n) is 9.44. The summed E-state index contributed by atoms with van der Waals surface area (Å²) in [4.78, 5) is 12.5. The van der Waals surface area contributed by atoms with Gasteiger partial charge in [-0.2, -0.15) is 4.98 Å². The summed E-state index contributed by atoms with van der Waals surface area (Å²) >= 11 is 3.30. The van der Waals surface area contributed by atoms with Gasteiger partial charge in [-0.25, -0.2) is 4.98 Å². The summed E-state index contributed by atoms with van der Waals surface area (Å²) in [7, 11) is 1.56. The zero-order chi connectivity index (χ0) is 12.3. The fraction of sp³-hybridized carbons (Fsp3) is 0.182. The molecule has 0 radical (unpaired) electrons. The molecule has 0 saturated carbocycles. The molecule has 0 unspecified atom stereocenters. The number of ether oxygens (including phenoxy) is 1. The molecular formula is C11H11BrN4O. The highest BCUT2D eigenvalue weighted by Crippen LogP contribution is 2.23.